The maximum atomic E-state index is 5.21. The fourth-order valence-corrected chi connectivity index (χ4v) is 1.75. The second-order valence-electron chi connectivity index (χ2n) is 3.76. The summed E-state index contributed by atoms with van der Waals surface area (Å²) in [6.45, 7) is 10.0. The van der Waals surface area contributed by atoms with Crippen LogP contribution in [0.2, 0.25) is 0 Å². The molecule has 5 heteroatoms. The SMILES string of the molecule is CCNCCN(CC)c1ncnc(OC)c1C. The Morgan fingerprint density at radius 2 is 2.12 bits per heavy atom. The van der Waals surface area contributed by atoms with E-state index in [1.54, 1.807) is 13.4 Å². The van der Waals surface area contributed by atoms with E-state index < -0.39 is 0 Å². The number of rotatable bonds is 7. The zero-order chi connectivity index (χ0) is 12.7. The molecule has 1 aromatic heterocycles. The Morgan fingerprint density at radius 1 is 1.35 bits per heavy atom. The molecule has 17 heavy (non-hydrogen) atoms. The fraction of sp³-hybridized carbons (Fsp3) is 0.667. The Labute approximate surface area is 103 Å². The van der Waals surface area contributed by atoms with Crippen LogP contribution in [0, 0.1) is 6.92 Å². The summed E-state index contributed by atoms with van der Waals surface area (Å²) in [4.78, 5) is 10.7. The summed E-state index contributed by atoms with van der Waals surface area (Å²) in [7, 11) is 1.63. The van der Waals surface area contributed by atoms with Crippen LogP contribution in [0.15, 0.2) is 6.33 Å². The zero-order valence-electron chi connectivity index (χ0n) is 11.2. The number of likely N-dealkylation sites (N-methyl/N-ethyl adjacent to an activating group) is 2. The first-order valence-electron chi connectivity index (χ1n) is 6.05. The third-order valence-electron chi connectivity index (χ3n) is 2.69. The van der Waals surface area contributed by atoms with Gasteiger partial charge in [-0.3, -0.25) is 0 Å². The van der Waals surface area contributed by atoms with Gasteiger partial charge in [0.1, 0.15) is 12.1 Å². The van der Waals surface area contributed by atoms with Gasteiger partial charge in [0.25, 0.3) is 0 Å². The molecule has 1 heterocycles. The Bertz CT molecular complexity index is 343. The maximum absolute atomic E-state index is 5.21. The van der Waals surface area contributed by atoms with E-state index in [4.69, 9.17) is 4.74 Å². The maximum Gasteiger partial charge on any atom is 0.221 e. The highest BCUT2D eigenvalue weighted by Crippen LogP contribution is 2.22. The van der Waals surface area contributed by atoms with E-state index in [-0.39, 0.29) is 0 Å². The number of hydrogen-bond acceptors (Lipinski definition) is 5. The third-order valence-corrected chi connectivity index (χ3v) is 2.69. The van der Waals surface area contributed by atoms with Gasteiger partial charge in [0.05, 0.1) is 12.7 Å². The lowest BCUT2D eigenvalue weighted by Gasteiger charge is -2.24. The van der Waals surface area contributed by atoms with E-state index in [2.05, 4.69) is 34.0 Å². The quantitative estimate of drug-likeness (QED) is 0.724. The molecule has 1 N–H and O–H groups in total. The molecule has 0 aliphatic rings. The van der Waals surface area contributed by atoms with Crippen molar-refractivity contribution in [2.45, 2.75) is 20.8 Å². The monoisotopic (exact) mass is 238 g/mol. The Hall–Kier alpha value is -1.36. The van der Waals surface area contributed by atoms with Crippen LogP contribution in [0.4, 0.5) is 5.82 Å². The minimum Gasteiger partial charge on any atom is -0.481 e. The van der Waals surface area contributed by atoms with Gasteiger partial charge in [-0.2, -0.15) is 0 Å². The largest absolute Gasteiger partial charge is 0.481 e. The van der Waals surface area contributed by atoms with Crippen molar-refractivity contribution < 1.29 is 4.74 Å². The van der Waals surface area contributed by atoms with Crippen LogP contribution >= 0.6 is 0 Å². The zero-order valence-corrected chi connectivity index (χ0v) is 11.2. The summed E-state index contributed by atoms with van der Waals surface area (Å²) < 4.78 is 5.21. The summed E-state index contributed by atoms with van der Waals surface area (Å²) >= 11 is 0. The van der Waals surface area contributed by atoms with Crippen molar-refractivity contribution in [1.29, 1.82) is 0 Å². The molecule has 1 rings (SSSR count). The lowest BCUT2D eigenvalue weighted by molar-refractivity contribution is 0.393. The topological polar surface area (TPSA) is 50.3 Å². The first-order chi connectivity index (χ1) is 8.24. The summed E-state index contributed by atoms with van der Waals surface area (Å²) in [5, 5.41) is 3.31. The predicted octanol–water partition coefficient (Wildman–Crippen LogP) is 1.23. The Morgan fingerprint density at radius 3 is 2.71 bits per heavy atom. The molecule has 0 saturated carbocycles. The third kappa shape index (κ3) is 3.56. The predicted molar refractivity (Wildman–Crippen MR) is 69.8 cm³/mol. The van der Waals surface area contributed by atoms with Crippen molar-refractivity contribution in [3.8, 4) is 5.88 Å². The summed E-state index contributed by atoms with van der Waals surface area (Å²) in [5.74, 6) is 1.61. The van der Waals surface area contributed by atoms with Gasteiger partial charge in [0, 0.05) is 19.6 Å². The van der Waals surface area contributed by atoms with Crippen molar-refractivity contribution in [3.63, 3.8) is 0 Å². The van der Waals surface area contributed by atoms with Gasteiger partial charge < -0.3 is 15.0 Å². The lowest BCUT2D eigenvalue weighted by atomic mass is 10.3. The first kappa shape index (κ1) is 13.7. The number of aromatic nitrogens is 2. The molecule has 0 aromatic carbocycles. The first-order valence-corrected chi connectivity index (χ1v) is 6.05. The van der Waals surface area contributed by atoms with Gasteiger partial charge in [-0.25, -0.2) is 9.97 Å². The van der Waals surface area contributed by atoms with Crippen molar-refractivity contribution >= 4 is 5.82 Å². The molecule has 0 radical (unpaired) electrons. The molecule has 5 nitrogen and oxygen atoms in total. The molecule has 0 atom stereocenters. The molecule has 0 unspecified atom stereocenters. The highest BCUT2D eigenvalue weighted by Gasteiger charge is 2.12. The highest BCUT2D eigenvalue weighted by atomic mass is 16.5. The van der Waals surface area contributed by atoms with Gasteiger partial charge in [-0.05, 0) is 20.4 Å². The second-order valence-corrected chi connectivity index (χ2v) is 3.76. The summed E-state index contributed by atoms with van der Waals surface area (Å²) in [5.41, 5.74) is 0.994. The van der Waals surface area contributed by atoms with E-state index in [9.17, 15) is 0 Å². The summed E-state index contributed by atoms with van der Waals surface area (Å²) in [6.07, 6.45) is 1.55. The van der Waals surface area contributed by atoms with Crippen molar-refractivity contribution in [3.05, 3.63) is 11.9 Å². The normalized spacial score (nSPS) is 10.4. The van der Waals surface area contributed by atoms with Crippen LogP contribution in [0.3, 0.4) is 0 Å². The molecule has 96 valence electrons. The minimum atomic E-state index is 0.650. The number of anilines is 1. The van der Waals surface area contributed by atoms with Crippen LogP contribution < -0.4 is 15.0 Å². The number of methoxy groups -OCH3 is 1. The van der Waals surface area contributed by atoms with E-state index >= 15 is 0 Å². The Balaban J connectivity index is 2.80. The van der Waals surface area contributed by atoms with E-state index in [1.807, 2.05) is 6.92 Å². The Kier molecular flexibility index (Phi) is 5.69. The standard InChI is InChI=1S/C12H22N4O/c1-5-13-7-8-16(6-2)11-10(3)12(17-4)15-9-14-11/h9,13H,5-8H2,1-4H3. The summed E-state index contributed by atoms with van der Waals surface area (Å²) in [6, 6.07) is 0. The van der Waals surface area contributed by atoms with Crippen LogP contribution in [0.25, 0.3) is 0 Å². The van der Waals surface area contributed by atoms with Gasteiger partial charge in [0.2, 0.25) is 5.88 Å². The molecule has 1 aromatic rings. The van der Waals surface area contributed by atoms with E-state index in [1.165, 1.54) is 0 Å². The molecule has 0 aliphatic heterocycles. The minimum absolute atomic E-state index is 0.650. The number of nitrogens with zero attached hydrogens (tertiary/aromatic N) is 3. The molecule has 0 bridgehead atoms. The van der Waals surface area contributed by atoms with Gasteiger partial charge in [-0.15, -0.1) is 0 Å². The van der Waals surface area contributed by atoms with Crippen LogP contribution in [0.5, 0.6) is 5.88 Å². The molecular weight excluding hydrogens is 216 g/mol. The van der Waals surface area contributed by atoms with Gasteiger partial charge >= 0.3 is 0 Å². The molecular formula is C12H22N4O. The van der Waals surface area contributed by atoms with E-state index in [0.717, 1.165) is 37.6 Å². The molecule has 0 spiro atoms. The van der Waals surface area contributed by atoms with Crippen LogP contribution in [-0.4, -0.2) is 43.3 Å². The average molecular weight is 238 g/mol. The average Bonchev–Trinajstić information content (AvgIpc) is 2.36. The molecule has 0 saturated heterocycles. The van der Waals surface area contributed by atoms with E-state index in [0.29, 0.717) is 5.88 Å². The van der Waals surface area contributed by atoms with Gasteiger partial charge in [-0.1, -0.05) is 6.92 Å². The van der Waals surface area contributed by atoms with Crippen molar-refractivity contribution in [2.24, 2.45) is 0 Å². The van der Waals surface area contributed by atoms with Gasteiger partial charge in [0.15, 0.2) is 0 Å². The number of hydrogen-bond donors (Lipinski definition) is 1. The van der Waals surface area contributed by atoms with Crippen LogP contribution in [0.1, 0.15) is 19.4 Å². The molecule has 0 aliphatic carbocycles. The molecule has 0 amide bonds. The van der Waals surface area contributed by atoms with Crippen LogP contribution in [-0.2, 0) is 0 Å². The van der Waals surface area contributed by atoms with Crippen molar-refractivity contribution in [1.82, 2.24) is 15.3 Å². The highest BCUT2D eigenvalue weighted by molar-refractivity contribution is 5.49. The fourth-order valence-electron chi connectivity index (χ4n) is 1.75. The molecule has 0 fully saturated rings. The number of ether oxygens (including phenoxy) is 1. The number of nitrogens with one attached hydrogen (secondary N) is 1. The van der Waals surface area contributed by atoms with Crippen molar-refractivity contribution in [2.75, 3.05) is 38.2 Å². The smallest absolute Gasteiger partial charge is 0.221 e. The lowest BCUT2D eigenvalue weighted by Crippen LogP contribution is -2.33. The second kappa shape index (κ2) is 7.06.